The first-order chi connectivity index (χ1) is 19.0. The predicted molar refractivity (Wildman–Crippen MR) is 158 cm³/mol. The lowest BCUT2D eigenvalue weighted by atomic mass is 9.67. The van der Waals surface area contributed by atoms with Crippen molar-refractivity contribution in [3.05, 3.63) is 155 Å². The molecule has 0 aliphatic heterocycles. The lowest BCUT2D eigenvalue weighted by Crippen LogP contribution is -2.28. The molecule has 0 fully saturated rings. The molecule has 190 valence electrons. The second-order valence-electron chi connectivity index (χ2n) is 9.84. The molecule has 5 aromatic rings. The average Bonchev–Trinajstić information content (AvgIpc) is 3.29. The van der Waals surface area contributed by atoms with Gasteiger partial charge in [-0.2, -0.15) is 0 Å². The van der Waals surface area contributed by atoms with E-state index < -0.39 is 5.41 Å². The van der Waals surface area contributed by atoms with E-state index in [0.29, 0.717) is 16.8 Å². The van der Waals surface area contributed by atoms with Gasteiger partial charge in [-0.15, -0.1) is 0 Å². The van der Waals surface area contributed by atoms with Crippen LogP contribution in [0, 0.1) is 0 Å². The van der Waals surface area contributed by atoms with Crippen LogP contribution in [-0.2, 0) is 5.41 Å². The molecule has 5 aromatic carbocycles. The number of carbonyl (C=O) groups excluding carboxylic acids is 2. The smallest absolute Gasteiger partial charge is 0.255 e. The standard InChI is InChI=1S/C35H28N2O2/c1-23(38)24-8-7-9-25(22-24)34(39)37-29-20-16-27(17-21-29)35(26-14-18-28(36-2)19-15-26)32-12-5-3-10-30(32)31-11-4-6-13-33(31)35/h3-22,36H,1-2H3,(H,37,39). The van der Waals surface area contributed by atoms with Crippen molar-refractivity contribution in [3.8, 4) is 11.1 Å². The Bertz CT molecular complexity index is 1660. The average molecular weight is 509 g/mol. The highest BCUT2D eigenvalue weighted by atomic mass is 16.1. The molecule has 1 aliphatic rings. The Morgan fingerprint density at radius 1 is 0.590 bits per heavy atom. The van der Waals surface area contributed by atoms with Crippen molar-refractivity contribution < 1.29 is 9.59 Å². The van der Waals surface area contributed by atoms with Gasteiger partial charge in [0.2, 0.25) is 0 Å². The largest absolute Gasteiger partial charge is 0.388 e. The molecule has 0 aromatic heterocycles. The van der Waals surface area contributed by atoms with E-state index in [1.165, 1.54) is 34.7 Å². The Morgan fingerprint density at radius 2 is 1.10 bits per heavy atom. The summed E-state index contributed by atoms with van der Waals surface area (Å²) < 4.78 is 0. The number of hydrogen-bond donors (Lipinski definition) is 2. The molecule has 4 nitrogen and oxygen atoms in total. The number of carbonyl (C=O) groups is 2. The number of benzene rings is 5. The minimum absolute atomic E-state index is 0.0702. The van der Waals surface area contributed by atoms with E-state index in [4.69, 9.17) is 0 Å². The van der Waals surface area contributed by atoms with E-state index in [-0.39, 0.29) is 11.7 Å². The molecule has 0 heterocycles. The second-order valence-corrected chi connectivity index (χ2v) is 9.84. The van der Waals surface area contributed by atoms with Crippen LogP contribution >= 0.6 is 0 Å². The number of fused-ring (bicyclic) bond motifs is 3. The summed E-state index contributed by atoms with van der Waals surface area (Å²) in [7, 11) is 1.92. The van der Waals surface area contributed by atoms with Gasteiger partial charge in [-0.05, 0) is 76.7 Å². The van der Waals surface area contributed by atoms with Crippen LogP contribution in [0.5, 0.6) is 0 Å². The monoisotopic (exact) mass is 508 g/mol. The highest BCUT2D eigenvalue weighted by Gasteiger charge is 2.45. The zero-order valence-corrected chi connectivity index (χ0v) is 21.9. The third kappa shape index (κ3) is 4.02. The molecule has 1 aliphatic carbocycles. The molecule has 0 radical (unpaired) electrons. The molecule has 0 saturated heterocycles. The van der Waals surface area contributed by atoms with Gasteiger partial charge in [0, 0.05) is 29.5 Å². The summed E-state index contributed by atoms with van der Waals surface area (Å²) in [6, 6.07) is 40.8. The van der Waals surface area contributed by atoms with Gasteiger partial charge in [0.15, 0.2) is 5.78 Å². The number of nitrogens with one attached hydrogen (secondary N) is 2. The van der Waals surface area contributed by atoms with Crippen LogP contribution < -0.4 is 10.6 Å². The number of amides is 1. The summed E-state index contributed by atoms with van der Waals surface area (Å²) in [6.07, 6.45) is 0. The molecule has 0 spiro atoms. The van der Waals surface area contributed by atoms with Crippen LogP contribution in [0.3, 0.4) is 0 Å². The normalized spacial score (nSPS) is 12.8. The predicted octanol–water partition coefficient (Wildman–Crippen LogP) is 7.55. The lowest BCUT2D eigenvalue weighted by Gasteiger charge is -2.34. The van der Waals surface area contributed by atoms with Gasteiger partial charge in [-0.25, -0.2) is 0 Å². The summed E-state index contributed by atoms with van der Waals surface area (Å²) in [5.74, 6) is -0.320. The molecule has 4 heteroatoms. The highest BCUT2D eigenvalue weighted by Crippen LogP contribution is 2.56. The van der Waals surface area contributed by atoms with E-state index in [1.807, 2.05) is 19.2 Å². The Morgan fingerprint density at radius 3 is 1.64 bits per heavy atom. The van der Waals surface area contributed by atoms with Crippen molar-refractivity contribution in [1.29, 1.82) is 0 Å². The van der Waals surface area contributed by atoms with E-state index >= 15 is 0 Å². The first-order valence-electron chi connectivity index (χ1n) is 13.0. The van der Waals surface area contributed by atoms with Crippen LogP contribution in [-0.4, -0.2) is 18.7 Å². The van der Waals surface area contributed by atoms with Crippen molar-refractivity contribution in [2.24, 2.45) is 0 Å². The molecule has 1 amide bonds. The molecule has 0 unspecified atom stereocenters. The van der Waals surface area contributed by atoms with Crippen molar-refractivity contribution in [2.75, 3.05) is 17.7 Å². The maximum absolute atomic E-state index is 13.0. The van der Waals surface area contributed by atoms with Crippen molar-refractivity contribution >= 4 is 23.1 Å². The summed E-state index contributed by atoms with van der Waals surface area (Å²) in [6.45, 7) is 1.50. The maximum atomic E-state index is 13.0. The maximum Gasteiger partial charge on any atom is 0.255 e. The van der Waals surface area contributed by atoms with Crippen LogP contribution in [0.4, 0.5) is 11.4 Å². The molecular formula is C35H28N2O2. The van der Waals surface area contributed by atoms with Gasteiger partial charge in [-0.1, -0.05) is 84.9 Å². The zero-order valence-electron chi connectivity index (χ0n) is 21.9. The molecule has 6 rings (SSSR count). The fourth-order valence-corrected chi connectivity index (χ4v) is 5.80. The van der Waals surface area contributed by atoms with E-state index in [9.17, 15) is 9.59 Å². The fourth-order valence-electron chi connectivity index (χ4n) is 5.80. The Kier molecular flexibility index (Phi) is 6.08. The van der Waals surface area contributed by atoms with Crippen LogP contribution in [0.15, 0.2) is 121 Å². The summed E-state index contributed by atoms with van der Waals surface area (Å²) in [5.41, 5.74) is 9.44. The second kappa shape index (κ2) is 9.73. The Labute approximate surface area is 228 Å². The molecule has 0 atom stereocenters. The van der Waals surface area contributed by atoms with Gasteiger partial charge in [-0.3, -0.25) is 9.59 Å². The number of ketones is 1. The van der Waals surface area contributed by atoms with Crippen molar-refractivity contribution in [1.82, 2.24) is 0 Å². The zero-order chi connectivity index (χ0) is 27.0. The first kappa shape index (κ1) is 24.4. The van der Waals surface area contributed by atoms with Gasteiger partial charge in [0.25, 0.3) is 5.91 Å². The first-order valence-corrected chi connectivity index (χ1v) is 13.0. The van der Waals surface area contributed by atoms with Crippen molar-refractivity contribution in [3.63, 3.8) is 0 Å². The highest BCUT2D eigenvalue weighted by molar-refractivity contribution is 6.06. The third-order valence-electron chi connectivity index (χ3n) is 7.67. The topological polar surface area (TPSA) is 58.2 Å². The van der Waals surface area contributed by atoms with Crippen LogP contribution in [0.2, 0.25) is 0 Å². The summed E-state index contributed by atoms with van der Waals surface area (Å²) in [5, 5.41) is 6.21. The van der Waals surface area contributed by atoms with Gasteiger partial charge < -0.3 is 10.6 Å². The van der Waals surface area contributed by atoms with Crippen LogP contribution in [0.25, 0.3) is 11.1 Å². The number of rotatable bonds is 6. The lowest BCUT2D eigenvalue weighted by molar-refractivity contribution is 0.101. The summed E-state index contributed by atoms with van der Waals surface area (Å²) in [4.78, 5) is 24.7. The minimum atomic E-state index is -0.502. The Balaban J connectivity index is 1.45. The fraction of sp³-hybridized carbons (Fsp3) is 0.0857. The van der Waals surface area contributed by atoms with E-state index in [1.54, 1.807) is 24.3 Å². The van der Waals surface area contributed by atoms with Gasteiger partial charge in [0.1, 0.15) is 0 Å². The summed E-state index contributed by atoms with van der Waals surface area (Å²) >= 11 is 0. The van der Waals surface area contributed by atoms with Gasteiger partial charge in [0.05, 0.1) is 5.41 Å². The number of Topliss-reactive ketones (excluding diaryl/α,β-unsaturated/α-hetero) is 1. The minimum Gasteiger partial charge on any atom is -0.388 e. The van der Waals surface area contributed by atoms with Gasteiger partial charge >= 0.3 is 0 Å². The molecule has 0 bridgehead atoms. The van der Waals surface area contributed by atoms with E-state index in [0.717, 1.165) is 11.3 Å². The molecule has 39 heavy (non-hydrogen) atoms. The Hall–Kier alpha value is -4.96. The van der Waals surface area contributed by atoms with E-state index in [2.05, 4.69) is 95.6 Å². The SMILES string of the molecule is CNc1ccc(C2(c3ccc(NC(=O)c4cccc(C(C)=O)c4)cc3)c3ccccc3-c3ccccc32)cc1. The quantitative estimate of drug-likeness (QED) is 0.228. The van der Waals surface area contributed by atoms with Crippen molar-refractivity contribution in [2.45, 2.75) is 12.3 Å². The number of anilines is 2. The molecular weight excluding hydrogens is 480 g/mol. The molecule has 2 N–H and O–H groups in total. The van der Waals surface area contributed by atoms with Crippen LogP contribution in [0.1, 0.15) is 49.9 Å². The third-order valence-corrected chi connectivity index (χ3v) is 7.67. The molecule has 0 saturated carbocycles. The number of hydrogen-bond acceptors (Lipinski definition) is 3.